The first-order valence-electron chi connectivity index (χ1n) is 6.13. The minimum Gasteiger partial charge on any atom is -0.434 e. The van der Waals surface area contributed by atoms with Crippen LogP contribution in [0.5, 0.6) is 5.75 Å². The largest absolute Gasteiger partial charge is 0.434 e. The van der Waals surface area contributed by atoms with E-state index >= 15 is 0 Å². The Labute approximate surface area is 111 Å². The summed E-state index contributed by atoms with van der Waals surface area (Å²) in [5.74, 6) is -0.454. The lowest BCUT2D eigenvalue weighted by Crippen LogP contribution is -2.36. The number of nitrogens with two attached hydrogens (primary N) is 1. The molecule has 0 bridgehead atoms. The molecule has 1 amide bonds. The smallest absolute Gasteiger partial charge is 0.387 e. The molecule has 1 aromatic rings. The SMILES string of the molecule is CCCN(CCN)C(=O)c1ccccc1OC(F)F. The molecule has 0 aliphatic carbocycles. The zero-order valence-corrected chi connectivity index (χ0v) is 10.8. The van der Waals surface area contributed by atoms with Crippen LogP contribution in [0.4, 0.5) is 8.78 Å². The molecule has 0 fully saturated rings. The fourth-order valence-electron chi connectivity index (χ4n) is 1.75. The molecule has 0 unspecified atom stereocenters. The average Bonchev–Trinajstić information content (AvgIpc) is 2.38. The van der Waals surface area contributed by atoms with E-state index < -0.39 is 6.61 Å². The maximum atomic E-state index is 12.3. The number of rotatable bonds is 7. The summed E-state index contributed by atoms with van der Waals surface area (Å²) in [7, 11) is 0. The maximum absolute atomic E-state index is 12.3. The van der Waals surface area contributed by atoms with Crippen LogP contribution in [0.1, 0.15) is 23.7 Å². The summed E-state index contributed by atoms with van der Waals surface area (Å²) in [5.41, 5.74) is 5.58. The number of benzene rings is 1. The second kappa shape index (κ2) is 7.68. The number of hydrogen-bond donors (Lipinski definition) is 1. The van der Waals surface area contributed by atoms with E-state index in [4.69, 9.17) is 5.73 Å². The molecular weight excluding hydrogens is 254 g/mol. The first-order valence-corrected chi connectivity index (χ1v) is 6.13. The number of amides is 1. The van der Waals surface area contributed by atoms with Gasteiger partial charge < -0.3 is 15.4 Å². The summed E-state index contributed by atoms with van der Waals surface area (Å²) < 4.78 is 28.9. The Balaban J connectivity index is 2.96. The molecule has 19 heavy (non-hydrogen) atoms. The van der Waals surface area contributed by atoms with Gasteiger partial charge in [0.15, 0.2) is 0 Å². The standard InChI is InChI=1S/C13H18F2N2O2/c1-2-8-17(9-7-16)12(18)10-5-3-4-6-11(10)19-13(14)15/h3-6,13H,2,7-9,16H2,1H3. The van der Waals surface area contributed by atoms with E-state index in [2.05, 4.69) is 4.74 Å². The maximum Gasteiger partial charge on any atom is 0.387 e. The van der Waals surface area contributed by atoms with Crippen molar-refractivity contribution < 1.29 is 18.3 Å². The van der Waals surface area contributed by atoms with Crippen molar-refractivity contribution in [2.75, 3.05) is 19.6 Å². The number of hydrogen-bond acceptors (Lipinski definition) is 3. The quantitative estimate of drug-likeness (QED) is 0.827. The van der Waals surface area contributed by atoms with Crippen LogP contribution in [0.15, 0.2) is 24.3 Å². The van der Waals surface area contributed by atoms with E-state index in [9.17, 15) is 13.6 Å². The molecule has 6 heteroatoms. The lowest BCUT2D eigenvalue weighted by Gasteiger charge is -2.22. The van der Waals surface area contributed by atoms with Crippen LogP contribution in [0.2, 0.25) is 0 Å². The van der Waals surface area contributed by atoms with Crippen LogP contribution >= 0.6 is 0 Å². The zero-order valence-electron chi connectivity index (χ0n) is 10.8. The molecule has 0 saturated heterocycles. The molecule has 0 spiro atoms. The average molecular weight is 272 g/mol. The third kappa shape index (κ3) is 4.48. The van der Waals surface area contributed by atoms with Gasteiger partial charge in [-0.15, -0.1) is 0 Å². The molecule has 0 radical (unpaired) electrons. The van der Waals surface area contributed by atoms with Crippen molar-refractivity contribution in [3.8, 4) is 5.75 Å². The molecular formula is C13H18F2N2O2. The van der Waals surface area contributed by atoms with E-state index in [1.165, 1.54) is 17.0 Å². The topological polar surface area (TPSA) is 55.6 Å². The molecule has 0 heterocycles. The van der Waals surface area contributed by atoms with Crippen LogP contribution in [-0.4, -0.2) is 37.1 Å². The van der Waals surface area contributed by atoms with Gasteiger partial charge in [0.05, 0.1) is 5.56 Å². The van der Waals surface area contributed by atoms with Crippen molar-refractivity contribution in [1.29, 1.82) is 0 Å². The summed E-state index contributed by atoms with van der Waals surface area (Å²) >= 11 is 0. The number of nitrogens with zero attached hydrogens (tertiary/aromatic N) is 1. The van der Waals surface area contributed by atoms with Gasteiger partial charge in [0.25, 0.3) is 5.91 Å². The van der Waals surface area contributed by atoms with Crippen molar-refractivity contribution in [3.05, 3.63) is 29.8 Å². The van der Waals surface area contributed by atoms with Crippen LogP contribution < -0.4 is 10.5 Å². The first-order chi connectivity index (χ1) is 9.10. The normalized spacial score (nSPS) is 10.6. The first kappa shape index (κ1) is 15.4. The van der Waals surface area contributed by atoms with Crippen LogP contribution in [0.25, 0.3) is 0 Å². The van der Waals surface area contributed by atoms with E-state index in [1.54, 1.807) is 12.1 Å². The van der Waals surface area contributed by atoms with Crippen molar-refractivity contribution in [1.82, 2.24) is 4.90 Å². The number of carbonyl (C=O) groups excluding carboxylic acids is 1. The van der Waals surface area contributed by atoms with E-state index in [0.29, 0.717) is 19.6 Å². The highest BCUT2D eigenvalue weighted by molar-refractivity contribution is 5.96. The third-order valence-electron chi connectivity index (χ3n) is 2.51. The molecule has 0 saturated carbocycles. The van der Waals surface area contributed by atoms with E-state index in [0.717, 1.165) is 6.42 Å². The number of para-hydroxylation sites is 1. The Morgan fingerprint density at radius 1 is 1.37 bits per heavy atom. The Bertz CT molecular complexity index is 407. The summed E-state index contributed by atoms with van der Waals surface area (Å²) in [4.78, 5) is 13.8. The Morgan fingerprint density at radius 3 is 2.63 bits per heavy atom. The van der Waals surface area contributed by atoms with Gasteiger partial charge in [0.2, 0.25) is 0 Å². The minimum absolute atomic E-state index is 0.111. The fourth-order valence-corrected chi connectivity index (χ4v) is 1.75. The highest BCUT2D eigenvalue weighted by atomic mass is 19.3. The molecule has 2 N–H and O–H groups in total. The second-order valence-corrected chi connectivity index (χ2v) is 3.96. The Kier molecular flexibility index (Phi) is 6.21. The number of ether oxygens (including phenoxy) is 1. The third-order valence-corrected chi connectivity index (χ3v) is 2.51. The van der Waals surface area contributed by atoms with Crippen LogP contribution in [-0.2, 0) is 0 Å². The van der Waals surface area contributed by atoms with Gasteiger partial charge in [0, 0.05) is 19.6 Å². The molecule has 0 aliphatic heterocycles. The Morgan fingerprint density at radius 2 is 2.05 bits per heavy atom. The summed E-state index contributed by atoms with van der Waals surface area (Å²) in [6.07, 6.45) is 0.767. The lowest BCUT2D eigenvalue weighted by atomic mass is 10.1. The second-order valence-electron chi connectivity index (χ2n) is 3.96. The van der Waals surface area contributed by atoms with Gasteiger partial charge in [-0.1, -0.05) is 19.1 Å². The molecule has 0 aromatic heterocycles. The Hall–Kier alpha value is -1.69. The fraction of sp³-hybridized carbons (Fsp3) is 0.462. The summed E-state index contributed by atoms with van der Waals surface area (Å²) in [5, 5.41) is 0. The molecule has 4 nitrogen and oxygen atoms in total. The van der Waals surface area contributed by atoms with Gasteiger partial charge in [0.1, 0.15) is 5.75 Å². The number of alkyl halides is 2. The predicted molar refractivity (Wildman–Crippen MR) is 68.3 cm³/mol. The molecule has 1 rings (SSSR count). The van der Waals surface area contributed by atoms with Gasteiger partial charge in [-0.3, -0.25) is 4.79 Å². The highest BCUT2D eigenvalue weighted by Gasteiger charge is 2.19. The van der Waals surface area contributed by atoms with Crippen molar-refractivity contribution in [3.63, 3.8) is 0 Å². The number of halogens is 2. The predicted octanol–water partition coefficient (Wildman–Crippen LogP) is 2.10. The zero-order chi connectivity index (χ0) is 14.3. The van der Waals surface area contributed by atoms with Gasteiger partial charge in [-0.05, 0) is 18.6 Å². The van der Waals surface area contributed by atoms with Gasteiger partial charge >= 0.3 is 6.61 Å². The van der Waals surface area contributed by atoms with Gasteiger partial charge in [-0.25, -0.2) is 0 Å². The molecule has 106 valence electrons. The van der Waals surface area contributed by atoms with Crippen LogP contribution in [0.3, 0.4) is 0 Å². The van der Waals surface area contributed by atoms with Crippen LogP contribution in [0, 0.1) is 0 Å². The van der Waals surface area contributed by atoms with E-state index in [1.807, 2.05) is 6.92 Å². The number of carbonyl (C=O) groups is 1. The summed E-state index contributed by atoms with van der Waals surface area (Å²) in [6.45, 7) is 0.208. The monoisotopic (exact) mass is 272 g/mol. The van der Waals surface area contributed by atoms with Gasteiger partial charge in [-0.2, -0.15) is 8.78 Å². The van der Waals surface area contributed by atoms with Crippen molar-refractivity contribution >= 4 is 5.91 Å². The minimum atomic E-state index is -2.96. The van der Waals surface area contributed by atoms with E-state index in [-0.39, 0.29) is 17.2 Å². The van der Waals surface area contributed by atoms with Crippen molar-refractivity contribution in [2.24, 2.45) is 5.73 Å². The van der Waals surface area contributed by atoms with Crippen molar-refractivity contribution in [2.45, 2.75) is 20.0 Å². The summed E-state index contributed by atoms with van der Waals surface area (Å²) in [6, 6.07) is 5.98. The molecule has 1 aromatic carbocycles. The molecule has 0 atom stereocenters. The lowest BCUT2D eigenvalue weighted by molar-refractivity contribution is -0.0502. The highest BCUT2D eigenvalue weighted by Crippen LogP contribution is 2.21. The molecule has 0 aliphatic rings.